The summed E-state index contributed by atoms with van der Waals surface area (Å²) in [6.45, 7) is 0. The summed E-state index contributed by atoms with van der Waals surface area (Å²) in [5, 5.41) is 5.71. The Kier molecular flexibility index (Phi) is 6.15. The Hall–Kier alpha value is -2.65. The Morgan fingerprint density at radius 3 is 2.58 bits per heavy atom. The van der Waals surface area contributed by atoms with Crippen LogP contribution in [0.2, 0.25) is 10.0 Å². The number of amides is 1. The van der Waals surface area contributed by atoms with Gasteiger partial charge < -0.3 is 4.42 Å². The highest BCUT2D eigenvalue weighted by atomic mass is 35.5. The average Bonchev–Trinajstić information content (AvgIpc) is 3.38. The molecule has 4 rings (SSSR count). The molecule has 4 aromatic rings. The van der Waals surface area contributed by atoms with Crippen molar-refractivity contribution in [2.24, 2.45) is 0 Å². The minimum Gasteiger partial charge on any atom is -0.455 e. The van der Waals surface area contributed by atoms with Gasteiger partial charge in [-0.2, -0.15) is 0 Å². The van der Waals surface area contributed by atoms with Crippen molar-refractivity contribution in [2.75, 3.05) is 5.32 Å². The van der Waals surface area contributed by atoms with E-state index in [1.54, 1.807) is 41.8 Å². The molecule has 10 heteroatoms. The van der Waals surface area contributed by atoms with Crippen LogP contribution in [0.25, 0.3) is 11.3 Å². The lowest BCUT2D eigenvalue weighted by Gasteiger charge is -2.02. The van der Waals surface area contributed by atoms with E-state index in [4.69, 9.17) is 27.6 Å². The van der Waals surface area contributed by atoms with E-state index in [0.717, 1.165) is 0 Å². The fourth-order valence-electron chi connectivity index (χ4n) is 2.79. The lowest BCUT2D eigenvalue weighted by atomic mass is 10.2. The Morgan fingerprint density at radius 2 is 1.84 bits per heavy atom. The van der Waals surface area contributed by atoms with Crippen LogP contribution in [0, 0.1) is 0 Å². The van der Waals surface area contributed by atoms with Crippen LogP contribution in [0.4, 0.5) is 5.13 Å². The number of hydrogen-bond acceptors (Lipinski definition) is 6. The van der Waals surface area contributed by atoms with Crippen molar-refractivity contribution in [1.29, 1.82) is 0 Å². The van der Waals surface area contributed by atoms with E-state index in [9.17, 15) is 13.2 Å². The van der Waals surface area contributed by atoms with Crippen molar-refractivity contribution in [3.05, 3.63) is 87.6 Å². The highest BCUT2D eigenvalue weighted by molar-refractivity contribution is 7.90. The van der Waals surface area contributed by atoms with E-state index in [-0.39, 0.29) is 22.2 Å². The number of nitrogens with one attached hydrogen (secondary N) is 1. The zero-order chi connectivity index (χ0) is 22.0. The van der Waals surface area contributed by atoms with Gasteiger partial charge in [-0.05, 0) is 42.5 Å². The van der Waals surface area contributed by atoms with E-state index >= 15 is 0 Å². The van der Waals surface area contributed by atoms with Gasteiger partial charge in [0.15, 0.2) is 20.7 Å². The summed E-state index contributed by atoms with van der Waals surface area (Å²) in [5.41, 5.74) is 1.28. The zero-order valence-electron chi connectivity index (χ0n) is 15.7. The predicted octanol–water partition coefficient (Wildman–Crippen LogP) is 5.94. The standard InChI is InChI=1S/C21H14Cl2N2O4S2/c22-13-6-8-16(17(23)10-13)18-11-30-21(24-18)25-20(26)19-9-7-14(29-19)12-31(27,28)15-4-2-1-3-5-15/h1-11H,12H2,(H,24,25,26). The number of sulfone groups is 1. The normalized spacial score (nSPS) is 11.4. The van der Waals surface area contributed by atoms with Gasteiger partial charge in [0.25, 0.3) is 5.91 Å². The quantitative estimate of drug-likeness (QED) is 0.359. The van der Waals surface area contributed by atoms with Gasteiger partial charge in [0.1, 0.15) is 11.5 Å². The second-order valence-corrected chi connectivity index (χ2v) is 10.1. The van der Waals surface area contributed by atoms with Crippen LogP contribution in [0.3, 0.4) is 0 Å². The molecule has 0 spiro atoms. The molecule has 1 amide bonds. The number of nitrogens with zero attached hydrogens (tertiary/aromatic N) is 1. The number of carbonyl (C=O) groups excluding carboxylic acids is 1. The molecule has 2 heterocycles. The van der Waals surface area contributed by atoms with Crippen LogP contribution in [-0.2, 0) is 15.6 Å². The molecular weight excluding hydrogens is 479 g/mol. The van der Waals surface area contributed by atoms with Gasteiger partial charge in [0.2, 0.25) is 0 Å². The number of furan rings is 1. The largest absolute Gasteiger partial charge is 0.455 e. The van der Waals surface area contributed by atoms with Gasteiger partial charge in [-0.15, -0.1) is 11.3 Å². The van der Waals surface area contributed by atoms with E-state index in [2.05, 4.69) is 10.3 Å². The molecule has 0 atom stereocenters. The van der Waals surface area contributed by atoms with Crippen molar-refractivity contribution in [3.63, 3.8) is 0 Å². The van der Waals surface area contributed by atoms with Crippen LogP contribution in [-0.4, -0.2) is 19.3 Å². The Bertz CT molecular complexity index is 1350. The fraction of sp³-hybridized carbons (Fsp3) is 0.0476. The van der Waals surface area contributed by atoms with Crippen molar-refractivity contribution < 1.29 is 17.6 Å². The van der Waals surface area contributed by atoms with Gasteiger partial charge in [-0.3, -0.25) is 10.1 Å². The highest BCUT2D eigenvalue weighted by Gasteiger charge is 2.20. The third-order valence-electron chi connectivity index (χ3n) is 4.25. The number of rotatable bonds is 6. The van der Waals surface area contributed by atoms with Gasteiger partial charge in [-0.25, -0.2) is 13.4 Å². The molecule has 2 aromatic carbocycles. The molecule has 0 saturated heterocycles. The molecule has 0 aliphatic heterocycles. The molecule has 0 aliphatic carbocycles. The number of halogens is 2. The second-order valence-electron chi connectivity index (χ2n) is 6.45. The first-order valence-corrected chi connectivity index (χ1v) is 12.2. The second kappa shape index (κ2) is 8.84. The third kappa shape index (κ3) is 4.99. The lowest BCUT2D eigenvalue weighted by molar-refractivity contribution is 0.0995. The summed E-state index contributed by atoms with van der Waals surface area (Å²) in [5.74, 6) is -0.728. The van der Waals surface area contributed by atoms with Crippen molar-refractivity contribution in [3.8, 4) is 11.3 Å². The summed E-state index contributed by atoms with van der Waals surface area (Å²) in [7, 11) is -3.58. The van der Waals surface area contributed by atoms with E-state index in [1.165, 1.54) is 35.6 Å². The maximum atomic E-state index is 12.5. The number of benzene rings is 2. The van der Waals surface area contributed by atoms with E-state index in [0.29, 0.717) is 26.4 Å². The molecule has 0 radical (unpaired) electrons. The van der Waals surface area contributed by atoms with Gasteiger partial charge >= 0.3 is 0 Å². The van der Waals surface area contributed by atoms with Crippen LogP contribution in [0.5, 0.6) is 0 Å². The summed E-state index contributed by atoms with van der Waals surface area (Å²) in [4.78, 5) is 17.0. The molecule has 0 saturated carbocycles. The predicted molar refractivity (Wildman–Crippen MR) is 122 cm³/mol. The van der Waals surface area contributed by atoms with Crippen LogP contribution in [0.15, 0.2) is 75.4 Å². The number of carbonyl (C=O) groups is 1. The van der Waals surface area contributed by atoms with Crippen LogP contribution < -0.4 is 5.32 Å². The molecule has 31 heavy (non-hydrogen) atoms. The first kappa shape index (κ1) is 21.6. The smallest absolute Gasteiger partial charge is 0.293 e. The first-order valence-electron chi connectivity index (χ1n) is 8.91. The highest BCUT2D eigenvalue weighted by Crippen LogP contribution is 2.32. The molecular formula is C21H14Cl2N2O4S2. The minimum absolute atomic E-state index is 0.0143. The Morgan fingerprint density at radius 1 is 1.06 bits per heavy atom. The maximum Gasteiger partial charge on any atom is 0.293 e. The third-order valence-corrected chi connectivity index (χ3v) is 7.21. The Balaban J connectivity index is 1.46. The van der Waals surface area contributed by atoms with Crippen molar-refractivity contribution in [1.82, 2.24) is 4.98 Å². The number of aromatic nitrogens is 1. The molecule has 1 N–H and O–H groups in total. The monoisotopic (exact) mass is 492 g/mol. The molecule has 6 nitrogen and oxygen atoms in total. The van der Waals surface area contributed by atoms with Gasteiger partial charge in [-0.1, -0.05) is 41.4 Å². The molecule has 2 aromatic heterocycles. The van der Waals surface area contributed by atoms with Gasteiger partial charge in [0.05, 0.1) is 15.6 Å². The average molecular weight is 493 g/mol. The number of hydrogen-bond donors (Lipinski definition) is 1. The molecule has 0 fully saturated rings. The summed E-state index contributed by atoms with van der Waals surface area (Å²) in [6, 6.07) is 16.0. The van der Waals surface area contributed by atoms with Crippen LogP contribution >= 0.6 is 34.5 Å². The molecule has 0 unspecified atom stereocenters. The minimum atomic E-state index is -3.58. The number of thiazole rings is 1. The molecule has 0 bridgehead atoms. The first-order chi connectivity index (χ1) is 14.8. The van der Waals surface area contributed by atoms with Gasteiger partial charge in [0, 0.05) is 16.0 Å². The Labute approximate surface area is 192 Å². The fourth-order valence-corrected chi connectivity index (χ4v) is 5.27. The van der Waals surface area contributed by atoms with Crippen molar-refractivity contribution in [2.45, 2.75) is 10.6 Å². The topological polar surface area (TPSA) is 89.3 Å². The lowest BCUT2D eigenvalue weighted by Crippen LogP contribution is -2.10. The molecule has 158 valence electrons. The zero-order valence-corrected chi connectivity index (χ0v) is 18.9. The van der Waals surface area contributed by atoms with Crippen LogP contribution in [0.1, 0.15) is 16.3 Å². The summed E-state index contributed by atoms with van der Waals surface area (Å²) in [6.07, 6.45) is 0. The maximum absolute atomic E-state index is 12.5. The summed E-state index contributed by atoms with van der Waals surface area (Å²) >= 11 is 13.3. The summed E-state index contributed by atoms with van der Waals surface area (Å²) < 4.78 is 30.4. The van der Waals surface area contributed by atoms with Crippen molar-refractivity contribution >= 4 is 55.4 Å². The van der Waals surface area contributed by atoms with E-state index in [1.807, 2.05) is 0 Å². The SMILES string of the molecule is O=C(Nc1nc(-c2ccc(Cl)cc2Cl)cs1)c1ccc(CS(=O)(=O)c2ccccc2)o1. The molecule has 0 aliphatic rings. The van der Waals surface area contributed by atoms with E-state index < -0.39 is 15.7 Å². The number of anilines is 1.